The molecule has 2 N–H and O–H groups in total. The number of nitrogens with one attached hydrogen (secondary N) is 2. The van der Waals surface area contributed by atoms with Crippen LogP contribution in [-0.2, 0) is 11.2 Å². The fourth-order valence-electron chi connectivity index (χ4n) is 3.39. The van der Waals surface area contributed by atoms with Crippen LogP contribution in [0.5, 0.6) is 0 Å². The molecule has 0 bridgehead atoms. The van der Waals surface area contributed by atoms with E-state index in [-0.39, 0.29) is 5.91 Å². The summed E-state index contributed by atoms with van der Waals surface area (Å²) in [7, 11) is 0. The van der Waals surface area contributed by atoms with Crippen molar-refractivity contribution in [2.24, 2.45) is 5.41 Å². The lowest BCUT2D eigenvalue weighted by atomic mass is 9.87. The minimum absolute atomic E-state index is 0.0171. The van der Waals surface area contributed by atoms with Crippen LogP contribution in [0.2, 0.25) is 0 Å². The Balaban J connectivity index is 2.03. The Labute approximate surface area is 150 Å². The topological polar surface area (TPSA) is 41.1 Å². The Morgan fingerprint density at radius 3 is 2.52 bits per heavy atom. The lowest BCUT2D eigenvalue weighted by Gasteiger charge is -2.17. The van der Waals surface area contributed by atoms with Crippen LogP contribution in [0.1, 0.15) is 57.6 Å². The first-order valence-electron chi connectivity index (χ1n) is 9.33. The van der Waals surface area contributed by atoms with Gasteiger partial charge in [0.05, 0.1) is 5.41 Å². The Morgan fingerprint density at radius 1 is 1.00 bits per heavy atom. The first kappa shape index (κ1) is 17.5. The summed E-state index contributed by atoms with van der Waals surface area (Å²) in [5.74, 6) is 0.0171. The van der Waals surface area contributed by atoms with Gasteiger partial charge >= 0.3 is 0 Å². The highest BCUT2D eigenvalue weighted by molar-refractivity contribution is 5.95. The van der Waals surface area contributed by atoms with E-state index in [1.165, 1.54) is 47.6 Å². The first-order valence-corrected chi connectivity index (χ1v) is 9.33. The van der Waals surface area contributed by atoms with Crippen LogP contribution in [-0.4, -0.2) is 5.91 Å². The van der Waals surface area contributed by atoms with Gasteiger partial charge in [-0.25, -0.2) is 0 Å². The molecule has 1 heterocycles. The molecule has 1 amide bonds. The van der Waals surface area contributed by atoms with Crippen molar-refractivity contribution in [1.29, 1.82) is 0 Å². The van der Waals surface area contributed by atoms with Crippen molar-refractivity contribution < 1.29 is 4.79 Å². The molecule has 25 heavy (non-hydrogen) atoms. The fourth-order valence-corrected chi connectivity index (χ4v) is 3.39. The predicted molar refractivity (Wildman–Crippen MR) is 105 cm³/mol. The minimum atomic E-state index is -0.531. The third kappa shape index (κ3) is 3.55. The maximum absolute atomic E-state index is 12.1. The summed E-state index contributed by atoms with van der Waals surface area (Å²) in [6.45, 7) is 6.16. The molecule has 1 aliphatic heterocycles. The second kappa shape index (κ2) is 7.30. The van der Waals surface area contributed by atoms with Crippen LogP contribution in [0.4, 0.5) is 0 Å². The molecule has 3 nitrogen and oxygen atoms in total. The van der Waals surface area contributed by atoms with Crippen molar-refractivity contribution in [3.05, 3.63) is 53.2 Å². The molecule has 2 aromatic rings. The van der Waals surface area contributed by atoms with E-state index in [0.29, 0.717) is 0 Å². The second-order valence-electron chi connectivity index (χ2n) is 7.43. The number of hydrogen-bond donors (Lipinski definition) is 2. The summed E-state index contributed by atoms with van der Waals surface area (Å²) >= 11 is 0. The number of hydrogen-bond acceptors (Lipinski definition) is 2. The molecular formula is C22H28N2O. The number of hydrazine groups is 1. The quantitative estimate of drug-likeness (QED) is 0.732. The number of benzene rings is 2. The zero-order chi connectivity index (χ0) is 17.9. The van der Waals surface area contributed by atoms with Gasteiger partial charge in [0.1, 0.15) is 0 Å². The average Bonchev–Trinajstić information content (AvgIpc) is 2.86. The Kier molecular flexibility index (Phi) is 5.12. The van der Waals surface area contributed by atoms with Crippen molar-refractivity contribution >= 4 is 22.8 Å². The summed E-state index contributed by atoms with van der Waals surface area (Å²) < 4.78 is 0. The lowest BCUT2D eigenvalue weighted by molar-refractivity contribution is -0.125. The van der Waals surface area contributed by atoms with Crippen LogP contribution in [0.15, 0.2) is 42.1 Å². The SMILES string of the molecule is CCCCCCc1ccc2ccccc2c1/C=C1\NNC(=O)C1(C)C. The minimum Gasteiger partial charge on any atom is -0.302 e. The van der Waals surface area contributed by atoms with Crippen LogP contribution >= 0.6 is 0 Å². The van der Waals surface area contributed by atoms with E-state index in [1.807, 2.05) is 13.8 Å². The summed E-state index contributed by atoms with van der Waals surface area (Å²) in [6, 6.07) is 12.9. The third-order valence-electron chi connectivity index (χ3n) is 5.20. The molecular weight excluding hydrogens is 308 g/mol. The van der Waals surface area contributed by atoms with Gasteiger partial charge in [-0.1, -0.05) is 62.6 Å². The largest absolute Gasteiger partial charge is 0.302 e. The van der Waals surface area contributed by atoms with Gasteiger partial charge in [0.2, 0.25) is 5.91 Å². The van der Waals surface area contributed by atoms with Gasteiger partial charge in [-0.2, -0.15) is 0 Å². The van der Waals surface area contributed by atoms with Crippen LogP contribution < -0.4 is 10.9 Å². The highest BCUT2D eigenvalue weighted by Crippen LogP contribution is 2.33. The first-order chi connectivity index (χ1) is 12.0. The van der Waals surface area contributed by atoms with Crippen LogP contribution in [0.3, 0.4) is 0 Å². The van der Waals surface area contributed by atoms with Crippen molar-refractivity contribution in [3.63, 3.8) is 0 Å². The molecule has 1 aliphatic rings. The predicted octanol–water partition coefficient (Wildman–Crippen LogP) is 4.96. The van der Waals surface area contributed by atoms with E-state index < -0.39 is 5.41 Å². The molecule has 0 radical (unpaired) electrons. The fraction of sp³-hybridized carbons (Fsp3) is 0.409. The molecule has 3 heteroatoms. The van der Waals surface area contributed by atoms with Gasteiger partial charge in [0.15, 0.2) is 0 Å². The maximum atomic E-state index is 12.1. The standard InChI is InChI=1S/C22H28N2O/c1-4-5-6-7-10-17-14-13-16-11-8-9-12-18(16)19(17)15-20-22(2,3)21(25)24-23-20/h8-9,11-15,23H,4-7,10H2,1-3H3,(H,24,25)/b20-15-. The van der Waals surface area contributed by atoms with Crippen molar-refractivity contribution in [3.8, 4) is 0 Å². The van der Waals surface area contributed by atoms with Crippen LogP contribution in [0.25, 0.3) is 16.8 Å². The lowest BCUT2D eigenvalue weighted by Crippen LogP contribution is -2.28. The zero-order valence-electron chi connectivity index (χ0n) is 15.5. The molecule has 132 valence electrons. The molecule has 2 aromatic carbocycles. The molecule has 0 spiro atoms. The Morgan fingerprint density at radius 2 is 1.80 bits per heavy atom. The van der Waals surface area contributed by atoms with E-state index in [1.54, 1.807) is 0 Å². The van der Waals surface area contributed by atoms with Crippen LogP contribution in [0, 0.1) is 5.41 Å². The smallest absolute Gasteiger partial charge is 0.249 e. The van der Waals surface area contributed by atoms with E-state index in [0.717, 1.165) is 12.1 Å². The highest BCUT2D eigenvalue weighted by Gasteiger charge is 2.38. The monoisotopic (exact) mass is 336 g/mol. The van der Waals surface area contributed by atoms with Gasteiger partial charge in [0, 0.05) is 5.70 Å². The average molecular weight is 336 g/mol. The molecule has 0 saturated carbocycles. The second-order valence-corrected chi connectivity index (χ2v) is 7.43. The molecule has 0 unspecified atom stereocenters. The van der Waals surface area contributed by atoms with E-state index in [2.05, 4.69) is 60.2 Å². The van der Waals surface area contributed by atoms with Gasteiger partial charge in [0.25, 0.3) is 0 Å². The van der Waals surface area contributed by atoms with Crippen molar-refractivity contribution in [2.75, 3.05) is 0 Å². The molecule has 0 atom stereocenters. The molecule has 3 rings (SSSR count). The van der Waals surface area contributed by atoms with E-state index in [4.69, 9.17) is 0 Å². The summed E-state index contributed by atoms with van der Waals surface area (Å²) in [5, 5.41) is 2.49. The normalized spacial score (nSPS) is 17.7. The van der Waals surface area contributed by atoms with E-state index >= 15 is 0 Å². The maximum Gasteiger partial charge on any atom is 0.249 e. The highest BCUT2D eigenvalue weighted by atomic mass is 16.2. The zero-order valence-corrected chi connectivity index (χ0v) is 15.5. The number of rotatable bonds is 6. The van der Waals surface area contributed by atoms with Crippen molar-refractivity contribution in [2.45, 2.75) is 52.9 Å². The Hall–Kier alpha value is -2.29. The summed E-state index contributed by atoms with van der Waals surface area (Å²) in [4.78, 5) is 12.1. The molecule has 1 saturated heterocycles. The number of unbranched alkanes of at least 4 members (excludes halogenated alkanes) is 3. The number of aryl methyl sites for hydroxylation is 1. The Bertz CT molecular complexity index is 805. The third-order valence-corrected chi connectivity index (χ3v) is 5.20. The van der Waals surface area contributed by atoms with Gasteiger partial charge in [-0.15, -0.1) is 0 Å². The number of fused-ring (bicyclic) bond motifs is 1. The van der Waals surface area contributed by atoms with Gasteiger partial charge in [-0.3, -0.25) is 10.2 Å². The van der Waals surface area contributed by atoms with Crippen molar-refractivity contribution in [1.82, 2.24) is 10.9 Å². The molecule has 1 fully saturated rings. The molecule has 0 aliphatic carbocycles. The number of amides is 1. The number of carbonyl (C=O) groups is 1. The number of carbonyl (C=O) groups excluding carboxylic acids is 1. The molecule has 0 aromatic heterocycles. The summed E-state index contributed by atoms with van der Waals surface area (Å²) in [6.07, 6.45) is 8.25. The van der Waals surface area contributed by atoms with Gasteiger partial charge < -0.3 is 5.43 Å². The van der Waals surface area contributed by atoms with Gasteiger partial charge in [-0.05, 0) is 54.7 Å². The summed E-state index contributed by atoms with van der Waals surface area (Å²) in [5.41, 5.74) is 8.83. The van der Waals surface area contributed by atoms with E-state index in [9.17, 15) is 4.79 Å².